The predicted molar refractivity (Wildman–Crippen MR) is 64.4 cm³/mol. The van der Waals surface area contributed by atoms with Gasteiger partial charge in [0.15, 0.2) is 0 Å². The maximum Gasteiger partial charge on any atom is 0.0935 e. The molecule has 3 heteroatoms. The molecule has 16 heavy (non-hydrogen) atoms. The molecule has 0 aliphatic carbocycles. The van der Waals surface area contributed by atoms with Crippen molar-refractivity contribution >= 4 is 10.9 Å². The molecular formula is C13H16N2O. The standard InChI is InChI=1S/C13H16N2O/c1-15-6-5-11-10(3-2-4-12(11)15)7-13(16)8-14-9-13/h2-6,14,16H,7-9H2,1H3. The monoisotopic (exact) mass is 216 g/mol. The minimum atomic E-state index is -0.538. The molecule has 0 radical (unpaired) electrons. The number of aliphatic hydroxyl groups is 1. The average Bonchev–Trinajstić information content (AvgIpc) is 2.60. The Hall–Kier alpha value is -1.32. The van der Waals surface area contributed by atoms with Crippen LogP contribution >= 0.6 is 0 Å². The van der Waals surface area contributed by atoms with Gasteiger partial charge in [-0.1, -0.05) is 12.1 Å². The van der Waals surface area contributed by atoms with Crippen molar-refractivity contribution in [2.45, 2.75) is 12.0 Å². The van der Waals surface area contributed by atoms with Crippen molar-refractivity contribution < 1.29 is 5.11 Å². The highest BCUT2D eigenvalue weighted by atomic mass is 16.3. The molecule has 1 aliphatic heterocycles. The number of hydrogen-bond donors (Lipinski definition) is 2. The lowest BCUT2D eigenvalue weighted by molar-refractivity contribution is -0.00874. The Morgan fingerprint density at radius 3 is 2.88 bits per heavy atom. The molecule has 0 saturated carbocycles. The molecule has 3 nitrogen and oxygen atoms in total. The van der Waals surface area contributed by atoms with Crippen LogP contribution in [0, 0.1) is 0 Å². The average molecular weight is 216 g/mol. The van der Waals surface area contributed by atoms with Gasteiger partial charge in [-0.2, -0.15) is 0 Å². The van der Waals surface area contributed by atoms with Gasteiger partial charge in [0.2, 0.25) is 0 Å². The summed E-state index contributed by atoms with van der Waals surface area (Å²) in [5, 5.41) is 14.5. The first-order valence-corrected chi connectivity index (χ1v) is 5.64. The van der Waals surface area contributed by atoms with Crippen molar-refractivity contribution in [3.05, 3.63) is 36.0 Å². The minimum absolute atomic E-state index is 0.538. The SMILES string of the molecule is Cn1ccc2c(CC3(O)CNC3)cccc21. The van der Waals surface area contributed by atoms with E-state index in [2.05, 4.69) is 40.3 Å². The lowest BCUT2D eigenvalue weighted by atomic mass is 9.88. The number of aromatic nitrogens is 1. The van der Waals surface area contributed by atoms with E-state index in [9.17, 15) is 5.11 Å². The topological polar surface area (TPSA) is 37.2 Å². The summed E-state index contributed by atoms with van der Waals surface area (Å²) < 4.78 is 2.11. The van der Waals surface area contributed by atoms with Crippen molar-refractivity contribution in [1.82, 2.24) is 9.88 Å². The summed E-state index contributed by atoms with van der Waals surface area (Å²) in [6.45, 7) is 1.41. The Morgan fingerprint density at radius 1 is 1.38 bits per heavy atom. The van der Waals surface area contributed by atoms with E-state index in [-0.39, 0.29) is 0 Å². The molecule has 1 fully saturated rings. The van der Waals surface area contributed by atoms with Gasteiger partial charge in [-0.15, -0.1) is 0 Å². The lowest BCUT2D eigenvalue weighted by Gasteiger charge is -2.37. The summed E-state index contributed by atoms with van der Waals surface area (Å²) in [5.74, 6) is 0. The first-order chi connectivity index (χ1) is 7.68. The number of rotatable bonds is 2. The van der Waals surface area contributed by atoms with Crippen molar-refractivity contribution in [2.75, 3.05) is 13.1 Å². The lowest BCUT2D eigenvalue weighted by Crippen LogP contribution is -2.60. The number of nitrogens with one attached hydrogen (secondary N) is 1. The molecule has 84 valence electrons. The fraction of sp³-hybridized carbons (Fsp3) is 0.385. The fourth-order valence-electron chi connectivity index (χ4n) is 2.41. The van der Waals surface area contributed by atoms with Crippen LogP contribution in [0.5, 0.6) is 0 Å². The molecule has 2 N–H and O–H groups in total. The van der Waals surface area contributed by atoms with E-state index in [1.54, 1.807) is 0 Å². The first-order valence-electron chi connectivity index (χ1n) is 5.64. The van der Waals surface area contributed by atoms with Crippen LogP contribution < -0.4 is 5.32 Å². The third-order valence-electron chi connectivity index (χ3n) is 3.45. The van der Waals surface area contributed by atoms with Gasteiger partial charge in [0, 0.05) is 43.7 Å². The smallest absolute Gasteiger partial charge is 0.0935 e. The van der Waals surface area contributed by atoms with Crippen molar-refractivity contribution in [3.8, 4) is 0 Å². The molecular weight excluding hydrogens is 200 g/mol. The maximum absolute atomic E-state index is 10.2. The Bertz CT molecular complexity index is 526. The summed E-state index contributed by atoms with van der Waals surface area (Å²) in [7, 11) is 2.05. The van der Waals surface area contributed by atoms with Crippen LogP contribution in [-0.4, -0.2) is 28.4 Å². The Morgan fingerprint density at radius 2 is 2.19 bits per heavy atom. The summed E-state index contributed by atoms with van der Waals surface area (Å²) in [6, 6.07) is 8.41. The molecule has 0 amide bonds. The molecule has 1 saturated heterocycles. The van der Waals surface area contributed by atoms with E-state index < -0.39 is 5.60 Å². The van der Waals surface area contributed by atoms with E-state index in [1.165, 1.54) is 16.5 Å². The highest BCUT2D eigenvalue weighted by Gasteiger charge is 2.34. The molecule has 1 aromatic carbocycles. The molecule has 0 bridgehead atoms. The highest BCUT2D eigenvalue weighted by Crippen LogP contribution is 2.25. The van der Waals surface area contributed by atoms with Crippen molar-refractivity contribution in [2.24, 2.45) is 7.05 Å². The van der Waals surface area contributed by atoms with E-state index in [0.717, 1.165) is 6.42 Å². The zero-order valence-electron chi connectivity index (χ0n) is 9.40. The second kappa shape index (κ2) is 3.34. The van der Waals surface area contributed by atoms with Gasteiger partial charge >= 0.3 is 0 Å². The zero-order chi connectivity index (χ0) is 11.2. The van der Waals surface area contributed by atoms with Crippen LogP contribution in [0.3, 0.4) is 0 Å². The van der Waals surface area contributed by atoms with Crippen LogP contribution in [0.2, 0.25) is 0 Å². The van der Waals surface area contributed by atoms with Gasteiger partial charge < -0.3 is 15.0 Å². The number of aryl methyl sites for hydroxylation is 1. The Labute approximate surface area is 94.7 Å². The third-order valence-corrected chi connectivity index (χ3v) is 3.45. The quantitative estimate of drug-likeness (QED) is 0.787. The Kier molecular flexibility index (Phi) is 2.06. The third kappa shape index (κ3) is 1.44. The van der Waals surface area contributed by atoms with Gasteiger partial charge in [-0.05, 0) is 17.7 Å². The number of hydrogen-bond acceptors (Lipinski definition) is 2. The molecule has 0 unspecified atom stereocenters. The number of benzene rings is 1. The van der Waals surface area contributed by atoms with Gasteiger partial charge in [-0.3, -0.25) is 0 Å². The zero-order valence-corrected chi connectivity index (χ0v) is 9.40. The molecule has 2 aromatic rings. The van der Waals surface area contributed by atoms with E-state index >= 15 is 0 Å². The van der Waals surface area contributed by atoms with Crippen LogP contribution in [0.15, 0.2) is 30.5 Å². The summed E-state index contributed by atoms with van der Waals surface area (Å²) >= 11 is 0. The second-order valence-electron chi connectivity index (χ2n) is 4.78. The summed E-state index contributed by atoms with van der Waals surface area (Å²) in [5.41, 5.74) is 1.93. The summed E-state index contributed by atoms with van der Waals surface area (Å²) in [6.07, 6.45) is 2.80. The van der Waals surface area contributed by atoms with E-state index in [4.69, 9.17) is 0 Å². The van der Waals surface area contributed by atoms with Crippen molar-refractivity contribution in [1.29, 1.82) is 0 Å². The molecule has 1 aliphatic rings. The summed E-state index contributed by atoms with van der Waals surface area (Å²) in [4.78, 5) is 0. The fourth-order valence-corrected chi connectivity index (χ4v) is 2.41. The number of fused-ring (bicyclic) bond motifs is 1. The normalized spacial score (nSPS) is 18.6. The van der Waals surface area contributed by atoms with Gasteiger partial charge in [0.25, 0.3) is 0 Å². The van der Waals surface area contributed by atoms with Gasteiger partial charge in [0.05, 0.1) is 5.60 Å². The van der Waals surface area contributed by atoms with Crippen LogP contribution in [0.4, 0.5) is 0 Å². The van der Waals surface area contributed by atoms with Gasteiger partial charge in [-0.25, -0.2) is 0 Å². The van der Waals surface area contributed by atoms with E-state index in [1.807, 2.05) is 7.05 Å². The molecule has 3 rings (SSSR count). The second-order valence-corrected chi connectivity index (χ2v) is 4.78. The Balaban J connectivity index is 2.03. The number of nitrogens with zero attached hydrogens (tertiary/aromatic N) is 1. The van der Waals surface area contributed by atoms with Crippen LogP contribution in [0.1, 0.15) is 5.56 Å². The molecule has 1 aromatic heterocycles. The van der Waals surface area contributed by atoms with Crippen LogP contribution in [-0.2, 0) is 13.5 Å². The first kappa shape index (κ1) is 9.87. The van der Waals surface area contributed by atoms with Crippen LogP contribution in [0.25, 0.3) is 10.9 Å². The maximum atomic E-state index is 10.2. The minimum Gasteiger partial charge on any atom is -0.387 e. The largest absolute Gasteiger partial charge is 0.387 e. The van der Waals surface area contributed by atoms with E-state index in [0.29, 0.717) is 13.1 Å². The van der Waals surface area contributed by atoms with Gasteiger partial charge in [0.1, 0.15) is 0 Å². The number of β-amino-alcohol motifs (C(OH)–C–C–N with tert-alkyl or cyclic N) is 1. The van der Waals surface area contributed by atoms with Crippen molar-refractivity contribution in [3.63, 3.8) is 0 Å². The highest BCUT2D eigenvalue weighted by molar-refractivity contribution is 5.83. The predicted octanol–water partition coefficient (Wildman–Crippen LogP) is 1.06. The molecule has 0 spiro atoms. The molecule has 2 heterocycles. The molecule has 0 atom stereocenters.